The number of ether oxygens (including phenoxy) is 2. The molecule has 1 aromatic heterocycles. The van der Waals surface area contributed by atoms with E-state index in [0.717, 1.165) is 0 Å². The number of methoxy groups -OCH3 is 1. The van der Waals surface area contributed by atoms with Crippen LogP contribution >= 0.6 is 11.6 Å². The van der Waals surface area contributed by atoms with Gasteiger partial charge in [-0.2, -0.15) is 0 Å². The van der Waals surface area contributed by atoms with Crippen molar-refractivity contribution < 1.29 is 9.47 Å². The minimum atomic E-state index is -0.0810. The molecule has 1 aromatic carbocycles. The largest absolute Gasteiger partial charge is 0.480 e. The molecule has 0 fully saturated rings. The van der Waals surface area contributed by atoms with Crippen LogP contribution in [0.25, 0.3) is 0 Å². The first-order valence-corrected chi connectivity index (χ1v) is 5.88. The van der Waals surface area contributed by atoms with Gasteiger partial charge in [0.1, 0.15) is 11.6 Å². The lowest BCUT2D eigenvalue weighted by molar-refractivity contribution is 0.394. The van der Waals surface area contributed by atoms with Gasteiger partial charge in [0.2, 0.25) is 5.90 Å². The Morgan fingerprint density at radius 1 is 1.37 bits per heavy atom. The van der Waals surface area contributed by atoms with Crippen molar-refractivity contribution in [1.82, 2.24) is 9.97 Å². The van der Waals surface area contributed by atoms with Gasteiger partial charge in [-0.15, -0.1) is 0 Å². The zero-order valence-electron chi connectivity index (χ0n) is 10.5. The molecule has 2 aromatic rings. The van der Waals surface area contributed by atoms with E-state index in [1.54, 1.807) is 31.2 Å². The summed E-state index contributed by atoms with van der Waals surface area (Å²) in [5.41, 5.74) is 0.301. The summed E-state index contributed by atoms with van der Waals surface area (Å²) < 4.78 is 10.5. The summed E-state index contributed by atoms with van der Waals surface area (Å²) in [7, 11) is 1.41. The van der Waals surface area contributed by atoms with Crippen LogP contribution in [0.2, 0.25) is 5.02 Å². The van der Waals surface area contributed by atoms with Crippen LogP contribution in [0.5, 0.6) is 11.5 Å². The fraction of sp³-hybridized carbons (Fsp3) is 0.154. The molecule has 0 unspecified atom stereocenters. The SMILES string of the molecule is COC(=N)c1nc(C)ncc1Oc1cccc(Cl)c1. The maximum Gasteiger partial charge on any atom is 0.236 e. The third-order valence-electron chi connectivity index (χ3n) is 2.32. The number of aromatic nitrogens is 2. The van der Waals surface area contributed by atoms with Gasteiger partial charge in [-0.3, -0.25) is 5.41 Å². The Morgan fingerprint density at radius 2 is 2.16 bits per heavy atom. The summed E-state index contributed by atoms with van der Waals surface area (Å²) in [5, 5.41) is 8.27. The highest BCUT2D eigenvalue weighted by Gasteiger charge is 2.14. The van der Waals surface area contributed by atoms with Gasteiger partial charge in [0, 0.05) is 5.02 Å². The topological polar surface area (TPSA) is 68.1 Å². The molecule has 0 saturated heterocycles. The molecule has 6 heteroatoms. The van der Waals surface area contributed by atoms with Gasteiger partial charge in [0.05, 0.1) is 13.3 Å². The Labute approximate surface area is 115 Å². The highest BCUT2D eigenvalue weighted by Crippen LogP contribution is 2.26. The first-order valence-electron chi connectivity index (χ1n) is 5.50. The van der Waals surface area contributed by atoms with Crippen molar-refractivity contribution in [1.29, 1.82) is 5.41 Å². The van der Waals surface area contributed by atoms with Crippen molar-refractivity contribution in [3.8, 4) is 11.5 Å². The number of halogens is 1. The van der Waals surface area contributed by atoms with Crippen LogP contribution < -0.4 is 4.74 Å². The highest BCUT2D eigenvalue weighted by molar-refractivity contribution is 6.30. The number of aryl methyl sites for hydroxylation is 1. The van der Waals surface area contributed by atoms with Gasteiger partial charge in [-0.05, 0) is 25.1 Å². The van der Waals surface area contributed by atoms with Gasteiger partial charge >= 0.3 is 0 Å². The number of benzene rings is 1. The first kappa shape index (κ1) is 13.3. The average Bonchev–Trinajstić information content (AvgIpc) is 2.40. The third kappa shape index (κ3) is 3.20. The van der Waals surface area contributed by atoms with E-state index in [0.29, 0.717) is 28.0 Å². The fourth-order valence-corrected chi connectivity index (χ4v) is 1.63. The van der Waals surface area contributed by atoms with E-state index < -0.39 is 0 Å². The van der Waals surface area contributed by atoms with Crippen LogP contribution in [0.1, 0.15) is 11.5 Å². The van der Waals surface area contributed by atoms with Gasteiger partial charge in [0.15, 0.2) is 11.4 Å². The van der Waals surface area contributed by atoms with Gasteiger partial charge in [0.25, 0.3) is 0 Å². The first-order chi connectivity index (χ1) is 9.10. The van der Waals surface area contributed by atoms with E-state index in [-0.39, 0.29) is 5.90 Å². The Hall–Kier alpha value is -2.14. The minimum Gasteiger partial charge on any atom is -0.480 e. The van der Waals surface area contributed by atoms with Gasteiger partial charge < -0.3 is 9.47 Å². The van der Waals surface area contributed by atoms with Crippen molar-refractivity contribution >= 4 is 17.5 Å². The number of nitrogens with one attached hydrogen (secondary N) is 1. The number of hydrogen-bond acceptors (Lipinski definition) is 5. The van der Waals surface area contributed by atoms with Crippen molar-refractivity contribution in [2.75, 3.05) is 7.11 Å². The van der Waals surface area contributed by atoms with Crippen molar-refractivity contribution in [2.45, 2.75) is 6.92 Å². The summed E-state index contributed by atoms with van der Waals surface area (Å²) in [6.07, 6.45) is 1.51. The molecule has 0 aliphatic heterocycles. The summed E-state index contributed by atoms with van der Waals surface area (Å²) >= 11 is 5.89. The van der Waals surface area contributed by atoms with E-state index >= 15 is 0 Å². The molecule has 19 heavy (non-hydrogen) atoms. The van der Waals surface area contributed by atoms with Crippen LogP contribution in [0.3, 0.4) is 0 Å². The van der Waals surface area contributed by atoms with Crippen LogP contribution in [0.4, 0.5) is 0 Å². The van der Waals surface area contributed by atoms with Gasteiger partial charge in [-0.1, -0.05) is 17.7 Å². The standard InChI is InChI=1S/C13H12ClN3O2/c1-8-16-7-11(12(17-8)13(15)18-2)19-10-5-3-4-9(14)6-10/h3-7,15H,1-2H3. The molecule has 1 heterocycles. The lowest BCUT2D eigenvalue weighted by Gasteiger charge is -2.10. The summed E-state index contributed by atoms with van der Waals surface area (Å²) in [5.74, 6) is 1.35. The van der Waals surface area contributed by atoms with Crippen LogP contribution in [0, 0.1) is 12.3 Å². The number of nitrogens with zero attached hydrogens (tertiary/aromatic N) is 2. The molecule has 2 rings (SSSR count). The lowest BCUT2D eigenvalue weighted by Crippen LogP contribution is -2.08. The molecule has 0 amide bonds. The molecule has 1 N–H and O–H groups in total. The lowest BCUT2D eigenvalue weighted by atomic mass is 10.3. The van der Waals surface area contributed by atoms with E-state index in [2.05, 4.69) is 9.97 Å². The molecule has 98 valence electrons. The molecule has 0 atom stereocenters. The zero-order chi connectivity index (χ0) is 13.8. The molecule has 0 radical (unpaired) electrons. The fourth-order valence-electron chi connectivity index (χ4n) is 1.45. The second-order valence-corrected chi connectivity index (χ2v) is 4.16. The van der Waals surface area contributed by atoms with E-state index in [1.165, 1.54) is 13.3 Å². The summed E-state index contributed by atoms with van der Waals surface area (Å²) in [6, 6.07) is 6.94. The molecule has 0 spiro atoms. The Balaban J connectivity index is 2.37. The van der Waals surface area contributed by atoms with Crippen molar-refractivity contribution in [3.05, 3.63) is 47.0 Å². The van der Waals surface area contributed by atoms with E-state index in [4.69, 9.17) is 26.5 Å². The molecule has 0 aliphatic carbocycles. The molecular formula is C13H12ClN3O2. The summed E-state index contributed by atoms with van der Waals surface area (Å²) in [6.45, 7) is 1.73. The smallest absolute Gasteiger partial charge is 0.236 e. The second kappa shape index (κ2) is 5.67. The summed E-state index contributed by atoms with van der Waals surface area (Å²) in [4.78, 5) is 8.20. The maximum absolute atomic E-state index is 7.71. The minimum absolute atomic E-state index is 0.0810. The highest BCUT2D eigenvalue weighted by atomic mass is 35.5. The van der Waals surface area contributed by atoms with Crippen molar-refractivity contribution in [3.63, 3.8) is 0 Å². The van der Waals surface area contributed by atoms with Gasteiger partial charge in [-0.25, -0.2) is 9.97 Å². The zero-order valence-corrected chi connectivity index (χ0v) is 11.2. The Kier molecular flexibility index (Phi) is 3.97. The van der Waals surface area contributed by atoms with Crippen LogP contribution in [-0.2, 0) is 4.74 Å². The predicted octanol–water partition coefficient (Wildman–Crippen LogP) is 3.20. The predicted molar refractivity (Wildman–Crippen MR) is 72.1 cm³/mol. The molecule has 5 nitrogen and oxygen atoms in total. The van der Waals surface area contributed by atoms with E-state index in [1.807, 2.05) is 0 Å². The Morgan fingerprint density at radius 3 is 2.84 bits per heavy atom. The van der Waals surface area contributed by atoms with Crippen molar-refractivity contribution in [2.24, 2.45) is 0 Å². The normalized spacial score (nSPS) is 10.1. The Bertz CT molecular complexity index is 617. The third-order valence-corrected chi connectivity index (χ3v) is 2.55. The maximum atomic E-state index is 7.71. The molecule has 0 saturated carbocycles. The van der Waals surface area contributed by atoms with Crippen LogP contribution in [0.15, 0.2) is 30.5 Å². The molecule has 0 aliphatic rings. The quantitative estimate of drug-likeness (QED) is 0.691. The second-order valence-electron chi connectivity index (χ2n) is 3.72. The number of rotatable bonds is 3. The average molecular weight is 278 g/mol. The monoisotopic (exact) mass is 277 g/mol. The molecular weight excluding hydrogens is 266 g/mol. The van der Waals surface area contributed by atoms with E-state index in [9.17, 15) is 0 Å². The molecule has 0 bridgehead atoms. The van der Waals surface area contributed by atoms with Crippen LogP contribution in [-0.4, -0.2) is 23.0 Å². The number of hydrogen-bond donors (Lipinski definition) is 1.